The molecular formula is C22H23ClN4O3S. The number of benzene rings is 2. The van der Waals surface area contributed by atoms with Crippen LogP contribution in [0.25, 0.3) is 0 Å². The molecule has 0 saturated carbocycles. The summed E-state index contributed by atoms with van der Waals surface area (Å²) in [5.41, 5.74) is 1.14. The third-order valence-electron chi connectivity index (χ3n) is 5.29. The lowest BCUT2D eigenvalue weighted by molar-refractivity contribution is 0.102. The fourth-order valence-corrected chi connectivity index (χ4v) is 5.35. The van der Waals surface area contributed by atoms with E-state index in [4.69, 9.17) is 11.6 Å². The second kappa shape index (κ2) is 9.21. The molecule has 4 rings (SSSR count). The number of nitrogens with zero attached hydrogens (tertiary/aromatic N) is 3. The van der Waals surface area contributed by atoms with Gasteiger partial charge >= 0.3 is 0 Å². The zero-order chi connectivity index (χ0) is 21.8. The van der Waals surface area contributed by atoms with Crippen molar-refractivity contribution in [3.8, 4) is 0 Å². The highest BCUT2D eigenvalue weighted by molar-refractivity contribution is 7.89. The minimum Gasteiger partial charge on any atom is -0.307 e. The number of piperidine rings is 1. The van der Waals surface area contributed by atoms with E-state index in [1.807, 2.05) is 18.2 Å². The maximum atomic E-state index is 12.9. The normalized spacial score (nSPS) is 15.0. The number of rotatable bonds is 6. The summed E-state index contributed by atoms with van der Waals surface area (Å²) in [7, 11) is -3.61. The van der Waals surface area contributed by atoms with Gasteiger partial charge in [0.2, 0.25) is 10.0 Å². The van der Waals surface area contributed by atoms with Gasteiger partial charge in [-0.25, -0.2) is 13.1 Å². The standard InChI is InChI=1S/C22H23ClN4O3S/c23-20-10-3-2-7-18(20)16-27-21(11-12-24-27)25-22(28)17-8-6-9-19(15-17)31(29,30)26-13-4-1-5-14-26/h2-3,6-12,15H,1,4-5,13-14,16H2,(H,25,28). The number of hydrogen-bond acceptors (Lipinski definition) is 4. The maximum absolute atomic E-state index is 12.9. The smallest absolute Gasteiger partial charge is 0.256 e. The molecule has 1 aliphatic rings. The average molecular weight is 459 g/mol. The molecule has 1 fully saturated rings. The number of anilines is 1. The van der Waals surface area contributed by atoms with E-state index >= 15 is 0 Å². The third kappa shape index (κ3) is 4.81. The molecule has 0 aliphatic carbocycles. The average Bonchev–Trinajstić information content (AvgIpc) is 3.22. The number of carbonyl (C=O) groups excluding carboxylic acids is 1. The number of sulfonamides is 1. The van der Waals surface area contributed by atoms with Gasteiger partial charge in [-0.3, -0.25) is 4.79 Å². The second-order valence-corrected chi connectivity index (χ2v) is 9.76. The first-order valence-corrected chi connectivity index (χ1v) is 11.9. The number of aromatic nitrogens is 2. The summed E-state index contributed by atoms with van der Waals surface area (Å²) in [4.78, 5) is 13.0. The quantitative estimate of drug-likeness (QED) is 0.604. The van der Waals surface area contributed by atoms with E-state index in [2.05, 4.69) is 10.4 Å². The van der Waals surface area contributed by atoms with Gasteiger partial charge in [0.1, 0.15) is 5.82 Å². The van der Waals surface area contributed by atoms with Crippen LogP contribution in [-0.2, 0) is 16.6 Å². The molecule has 162 valence electrons. The SMILES string of the molecule is O=C(Nc1ccnn1Cc1ccccc1Cl)c1cccc(S(=O)(=O)N2CCCCC2)c1. The molecule has 2 heterocycles. The third-order valence-corrected chi connectivity index (χ3v) is 7.55. The van der Waals surface area contributed by atoms with Crippen molar-refractivity contribution in [3.05, 3.63) is 76.9 Å². The van der Waals surface area contributed by atoms with Crippen LogP contribution in [0, 0.1) is 0 Å². The number of hydrogen-bond donors (Lipinski definition) is 1. The molecule has 3 aromatic rings. The molecule has 1 aromatic heterocycles. The number of halogens is 1. The summed E-state index contributed by atoms with van der Waals surface area (Å²) in [6, 6.07) is 15.3. The number of nitrogens with one attached hydrogen (secondary N) is 1. The molecule has 9 heteroatoms. The lowest BCUT2D eigenvalue weighted by Crippen LogP contribution is -2.35. The Bertz CT molecular complexity index is 1190. The Morgan fingerprint density at radius 1 is 1.03 bits per heavy atom. The molecule has 0 spiro atoms. The van der Waals surface area contributed by atoms with Crippen molar-refractivity contribution in [2.24, 2.45) is 0 Å². The van der Waals surface area contributed by atoms with Crippen LogP contribution >= 0.6 is 11.6 Å². The topological polar surface area (TPSA) is 84.3 Å². The fraction of sp³-hybridized carbons (Fsp3) is 0.273. The van der Waals surface area contributed by atoms with Crippen LogP contribution in [0.3, 0.4) is 0 Å². The molecule has 7 nitrogen and oxygen atoms in total. The molecule has 0 unspecified atom stereocenters. The van der Waals surface area contributed by atoms with E-state index in [1.165, 1.54) is 16.4 Å². The summed E-state index contributed by atoms with van der Waals surface area (Å²) >= 11 is 6.23. The minimum absolute atomic E-state index is 0.131. The Kier molecular flexibility index (Phi) is 6.41. The van der Waals surface area contributed by atoms with Crippen molar-refractivity contribution in [1.29, 1.82) is 0 Å². The van der Waals surface area contributed by atoms with Gasteiger partial charge in [-0.1, -0.05) is 42.3 Å². The van der Waals surface area contributed by atoms with Gasteiger partial charge < -0.3 is 5.32 Å². The molecule has 1 saturated heterocycles. The first-order valence-electron chi connectivity index (χ1n) is 10.1. The summed E-state index contributed by atoms with van der Waals surface area (Å²) in [5, 5.41) is 7.69. The van der Waals surface area contributed by atoms with Gasteiger partial charge in [-0.05, 0) is 42.7 Å². The zero-order valence-corrected chi connectivity index (χ0v) is 18.4. The Hall–Kier alpha value is -2.68. The first kappa shape index (κ1) is 21.5. The molecule has 0 radical (unpaired) electrons. The van der Waals surface area contributed by atoms with Gasteiger partial charge in [0.05, 0.1) is 17.6 Å². The van der Waals surface area contributed by atoms with Crippen LogP contribution in [0.5, 0.6) is 0 Å². The molecule has 31 heavy (non-hydrogen) atoms. The highest BCUT2D eigenvalue weighted by Crippen LogP contribution is 2.22. The van der Waals surface area contributed by atoms with E-state index in [0.29, 0.717) is 30.5 Å². The van der Waals surface area contributed by atoms with Gasteiger partial charge in [0, 0.05) is 29.7 Å². The first-order chi connectivity index (χ1) is 14.9. The van der Waals surface area contributed by atoms with Crippen molar-refractivity contribution in [2.75, 3.05) is 18.4 Å². The Labute approximate surface area is 186 Å². The highest BCUT2D eigenvalue weighted by atomic mass is 35.5. The minimum atomic E-state index is -3.61. The summed E-state index contributed by atoms with van der Waals surface area (Å²) in [5.74, 6) is 0.0887. The highest BCUT2D eigenvalue weighted by Gasteiger charge is 2.26. The largest absolute Gasteiger partial charge is 0.307 e. The Balaban J connectivity index is 1.52. The predicted molar refractivity (Wildman–Crippen MR) is 120 cm³/mol. The van der Waals surface area contributed by atoms with Crippen LogP contribution in [0.4, 0.5) is 5.82 Å². The summed E-state index contributed by atoms with van der Waals surface area (Å²) in [6.45, 7) is 1.42. The summed E-state index contributed by atoms with van der Waals surface area (Å²) in [6.07, 6.45) is 4.34. The zero-order valence-electron chi connectivity index (χ0n) is 16.9. The van der Waals surface area contributed by atoms with Crippen molar-refractivity contribution in [2.45, 2.75) is 30.7 Å². The van der Waals surface area contributed by atoms with Crippen molar-refractivity contribution in [3.63, 3.8) is 0 Å². The van der Waals surface area contributed by atoms with Gasteiger partial charge in [-0.15, -0.1) is 0 Å². The van der Waals surface area contributed by atoms with Gasteiger partial charge in [0.25, 0.3) is 5.91 Å². The lowest BCUT2D eigenvalue weighted by Gasteiger charge is -2.26. The van der Waals surface area contributed by atoms with Gasteiger partial charge in [0.15, 0.2) is 0 Å². The number of amides is 1. The summed E-state index contributed by atoms with van der Waals surface area (Å²) < 4.78 is 29.0. The molecule has 1 amide bonds. The van der Waals surface area contributed by atoms with E-state index in [1.54, 1.807) is 35.1 Å². The van der Waals surface area contributed by atoms with Crippen LogP contribution in [-0.4, -0.2) is 41.5 Å². The van der Waals surface area contributed by atoms with E-state index in [-0.39, 0.29) is 10.5 Å². The Morgan fingerprint density at radius 3 is 2.58 bits per heavy atom. The Morgan fingerprint density at radius 2 is 1.81 bits per heavy atom. The number of carbonyl (C=O) groups is 1. The van der Waals surface area contributed by atoms with Crippen LogP contribution in [0.2, 0.25) is 5.02 Å². The van der Waals surface area contributed by atoms with E-state index in [9.17, 15) is 13.2 Å². The van der Waals surface area contributed by atoms with Gasteiger partial charge in [-0.2, -0.15) is 9.40 Å². The van der Waals surface area contributed by atoms with Crippen molar-refractivity contribution in [1.82, 2.24) is 14.1 Å². The van der Waals surface area contributed by atoms with Crippen molar-refractivity contribution < 1.29 is 13.2 Å². The van der Waals surface area contributed by atoms with Crippen molar-refractivity contribution >= 4 is 33.3 Å². The molecular weight excluding hydrogens is 436 g/mol. The molecule has 0 atom stereocenters. The predicted octanol–water partition coefficient (Wildman–Crippen LogP) is 4.01. The van der Waals surface area contributed by atoms with E-state index in [0.717, 1.165) is 24.8 Å². The van der Waals surface area contributed by atoms with Crippen LogP contribution in [0.1, 0.15) is 35.2 Å². The van der Waals surface area contributed by atoms with Crippen LogP contribution < -0.4 is 5.32 Å². The molecule has 1 N–H and O–H groups in total. The molecule has 1 aliphatic heterocycles. The monoisotopic (exact) mass is 458 g/mol. The molecule has 0 bridgehead atoms. The maximum Gasteiger partial charge on any atom is 0.256 e. The van der Waals surface area contributed by atoms with E-state index < -0.39 is 15.9 Å². The second-order valence-electron chi connectivity index (χ2n) is 7.41. The van der Waals surface area contributed by atoms with Crippen LogP contribution in [0.15, 0.2) is 65.7 Å². The lowest BCUT2D eigenvalue weighted by atomic mass is 10.2. The molecule has 2 aromatic carbocycles. The fourth-order valence-electron chi connectivity index (χ4n) is 3.59.